The molecule has 1 atom stereocenters. The van der Waals surface area contributed by atoms with Crippen molar-refractivity contribution in [3.63, 3.8) is 0 Å². The SMILES string of the molecule is CCn1c(C(C)C#N)cc(Br)c1C(=O)c1c(C)cc(C)cc1C. The third-order valence-electron chi connectivity index (χ3n) is 4.16. The van der Waals surface area contributed by atoms with Gasteiger partial charge in [-0.25, -0.2) is 0 Å². The minimum absolute atomic E-state index is 0.00474. The summed E-state index contributed by atoms with van der Waals surface area (Å²) in [5, 5.41) is 9.22. The summed E-state index contributed by atoms with van der Waals surface area (Å²) in [6.07, 6.45) is 0. The minimum Gasteiger partial charge on any atom is -0.340 e. The summed E-state index contributed by atoms with van der Waals surface area (Å²) < 4.78 is 2.69. The van der Waals surface area contributed by atoms with E-state index < -0.39 is 0 Å². The predicted molar refractivity (Wildman–Crippen MR) is 95.9 cm³/mol. The quantitative estimate of drug-likeness (QED) is 0.704. The number of benzene rings is 1. The molecule has 0 saturated heterocycles. The van der Waals surface area contributed by atoms with Gasteiger partial charge in [-0.05, 0) is 67.7 Å². The van der Waals surface area contributed by atoms with Crippen LogP contribution in [0.1, 0.15) is 58.2 Å². The van der Waals surface area contributed by atoms with E-state index in [1.165, 1.54) is 0 Å². The van der Waals surface area contributed by atoms with Crippen LogP contribution in [-0.4, -0.2) is 10.4 Å². The summed E-state index contributed by atoms with van der Waals surface area (Å²) >= 11 is 3.52. The Labute approximate surface area is 146 Å². The number of carbonyl (C=O) groups is 1. The fourth-order valence-electron chi connectivity index (χ4n) is 3.19. The van der Waals surface area contributed by atoms with E-state index in [2.05, 4.69) is 22.0 Å². The lowest BCUT2D eigenvalue weighted by atomic mass is 9.95. The zero-order chi connectivity index (χ0) is 17.3. The van der Waals surface area contributed by atoms with Gasteiger partial charge in [0.25, 0.3) is 0 Å². The highest BCUT2D eigenvalue weighted by molar-refractivity contribution is 9.10. The fraction of sp³-hybridized carbons (Fsp3) is 0.368. The fourth-order valence-corrected chi connectivity index (χ4v) is 3.82. The molecule has 2 rings (SSSR count). The molecule has 120 valence electrons. The molecule has 0 aliphatic rings. The van der Waals surface area contributed by atoms with Crippen LogP contribution in [0.15, 0.2) is 22.7 Å². The Balaban J connectivity index is 2.66. The molecule has 3 nitrogen and oxygen atoms in total. The highest BCUT2D eigenvalue weighted by Gasteiger charge is 2.25. The van der Waals surface area contributed by atoms with Crippen LogP contribution >= 0.6 is 15.9 Å². The second-order valence-corrected chi connectivity index (χ2v) is 6.82. The number of nitrogens with zero attached hydrogens (tertiary/aromatic N) is 2. The van der Waals surface area contributed by atoms with E-state index in [1.54, 1.807) is 0 Å². The third kappa shape index (κ3) is 3.11. The summed E-state index contributed by atoms with van der Waals surface area (Å²) in [5.74, 6) is -0.252. The van der Waals surface area contributed by atoms with Crippen LogP contribution in [0.25, 0.3) is 0 Å². The highest BCUT2D eigenvalue weighted by Crippen LogP contribution is 2.30. The van der Waals surface area contributed by atoms with Crippen LogP contribution in [0.4, 0.5) is 0 Å². The van der Waals surface area contributed by atoms with Gasteiger partial charge < -0.3 is 4.57 Å². The first-order valence-corrected chi connectivity index (χ1v) is 8.52. The van der Waals surface area contributed by atoms with Crippen LogP contribution in [-0.2, 0) is 6.54 Å². The number of aromatic nitrogens is 1. The molecule has 0 N–H and O–H groups in total. The van der Waals surface area contributed by atoms with E-state index in [0.717, 1.165) is 32.4 Å². The van der Waals surface area contributed by atoms with Crippen molar-refractivity contribution >= 4 is 21.7 Å². The van der Waals surface area contributed by atoms with Gasteiger partial charge in [0.15, 0.2) is 0 Å². The topological polar surface area (TPSA) is 45.8 Å². The van der Waals surface area contributed by atoms with Crippen LogP contribution in [0.2, 0.25) is 0 Å². The Morgan fingerprint density at radius 1 is 1.26 bits per heavy atom. The number of halogens is 1. The lowest BCUT2D eigenvalue weighted by Gasteiger charge is -2.15. The maximum atomic E-state index is 13.2. The number of carbonyl (C=O) groups excluding carboxylic acids is 1. The van der Waals surface area contributed by atoms with Gasteiger partial charge in [-0.15, -0.1) is 0 Å². The van der Waals surface area contributed by atoms with Gasteiger partial charge in [-0.1, -0.05) is 17.7 Å². The van der Waals surface area contributed by atoms with Crippen LogP contribution in [0.3, 0.4) is 0 Å². The lowest BCUT2D eigenvalue weighted by Crippen LogP contribution is -2.15. The first-order chi connectivity index (χ1) is 10.8. The number of rotatable bonds is 4. The molecule has 0 radical (unpaired) electrons. The molecule has 1 heterocycles. The number of hydrogen-bond donors (Lipinski definition) is 0. The summed E-state index contributed by atoms with van der Waals surface area (Å²) in [6, 6.07) is 8.21. The van der Waals surface area contributed by atoms with Gasteiger partial charge in [0.05, 0.1) is 12.0 Å². The van der Waals surface area contributed by atoms with Crippen molar-refractivity contribution < 1.29 is 4.79 Å². The summed E-state index contributed by atoms with van der Waals surface area (Å²) in [5.41, 5.74) is 5.36. The Hall–Kier alpha value is -1.86. The Bertz CT molecular complexity index is 789. The van der Waals surface area contributed by atoms with E-state index in [9.17, 15) is 10.1 Å². The smallest absolute Gasteiger partial charge is 0.211 e. The van der Waals surface area contributed by atoms with Crippen molar-refractivity contribution in [2.45, 2.75) is 47.1 Å². The molecule has 1 aromatic heterocycles. The second-order valence-electron chi connectivity index (χ2n) is 5.96. The third-order valence-corrected chi connectivity index (χ3v) is 4.76. The molecular formula is C19H21BrN2O. The molecule has 0 aliphatic carbocycles. The first-order valence-electron chi connectivity index (χ1n) is 7.72. The molecule has 2 aromatic rings. The van der Waals surface area contributed by atoms with Gasteiger partial charge in [0, 0.05) is 22.3 Å². The van der Waals surface area contributed by atoms with Crippen molar-refractivity contribution in [3.8, 4) is 6.07 Å². The zero-order valence-electron chi connectivity index (χ0n) is 14.2. The Morgan fingerprint density at radius 3 is 2.30 bits per heavy atom. The predicted octanol–water partition coefficient (Wildman–Crippen LogP) is 5.05. The molecule has 0 bridgehead atoms. The van der Waals surface area contributed by atoms with Gasteiger partial charge in [-0.3, -0.25) is 4.79 Å². The van der Waals surface area contributed by atoms with Gasteiger partial charge in [0.1, 0.15) is 5.69 Å². The largest absolute Gasteiger partial charge is 0.340 e. The van der Waals surface area contributed by atoms with Crippen molar-refractivity contribution in [2.75, 3.05) is 0 Å². The van der Waals surface area contributed by atoms with Crippen LogP contribution in [0, 0.1) is 32.1 Å². The second kappa shape index (κ2) is 6.72. The van der Waals surface area contributed by atoms with Crippen molar-refractivity contribution in [1.82, 2.24) is 4.57 Å². The molecule has 0 spiro atoms. The van der Waals surface area contributed by atoms with Crippen molar-refractivity contribution in [2.24, 2.45) is 0 Å². The van der Waals surface area contributed by atoms with E-state index in [-0.39, 0.29) is 11.7 Å². The number of hydrogen-bond acceptors (Lipinski definition) is 2. The molecular weight excluding hydrogens is 352 g/mol. The molecule has 0 saturated carbocycles. The molecule has 23 heavy (non-hydrogen) atoms. The van der Waals surface area contributed by atoms with Gasteiger partial charge in [-0.2, -0.15) is 5.26 Å². The van der Waals surface area contributed by atoms with E-state index >= 15 is 0 Å². The Morgan fingerprint density at radius 2 is 1.83 bits per heavy atom. The normalized spacial score (nSPS) is 12.0. The monoisotopic (exact) mass is 372 g/mol. The van der Waals surface area contributed by atoms with Crippen molar-refractivity contribution in [3.05, 3.63) is 56.3 Å². The van der Waals surface area contributed by atoms with Gasteiger partial charge in [0.2, 0.25) is 5.78 Å². The summed E-state index contributed by atoms with van der Waals surface area (Å²) in [4.78, 5) is 13.2. The molecule has 1 unspecified atom stereocenters. The average molecular weight is 373 g/mol. The standard InChI is InChI=1S/C19H21BrN2O/c1-6-22-16(14(5)10-21)9-15(20)18(22)19(23)17-12(3)7-11(2)8-13(17)4/h7-9,14H,6H2,1-5H3. The van der Waals surface area contributed by atoms with Crippen LogP contribution in [0.5, 0.6) is 0 Å². The van der Waals surface area contributed by atoms with Crippen molar-refractivity contribution in [1.29, 1.82) is 5.26 Å². The summed E-state index contributed by atoms with van der Waals surface area (Å²) in [6.45, 7) is 10.5. The number of ketones is 1. The molecule has 0 amide bonds. The van der Waals surface area contributed by atoms with Gasteiger partial charge >= 0.3 is 0 Å². The number of aryl methyl sites for hydroxylation is 3. The lowest BCUT2D eigenvalue weighted by molar-refractivity contribution is 0.102. The average Bonchev–Trinajstić information content (AvgIpc) is 2.81. The first kappa shape index (κ1) is 17.5. The molecule has 0 aliphatic heterocycles. The maximum absolute atomic E-state index is 13.2. The highest BCUT2D eigenvalue weighted by atomic mass is 79.9. The van der Waals surface area contributed by atoms with E-state index in [4.69, 9.17) is 0 Å². The maximum Gasteiger partial charge on any atom is 0.211 e. The molecule has 0 fully saturated rings. The molecule has 4 heteroatoms. The van der Waals surface area contributed by atoms with Crippen LogP contribution < -0.4 is 0 Å². The molecule has 1 aromatic carbocycles. The summed E-state index contributed by atoms with van der Waals surface area (Å²) in [7, 11) is 0. The van der Waals surface area contributed by atoms with E-state index in [1.807, 2.05) is 57.4 Å². The minimum atomic E-state index is -0.256. The number of nitriles is 1. The zero-order valence-corrected chi connectivity index (χ0v) is 15.8. The Kier molecular flexibility index (Phi) is 5.11. The van der Waals surface area contributed by atoms with E-state index in [0.29, 0.717) is 12.2 Å².